The zero-order valence-electron chi connectivity index (χ0n) is 11.2. The number of aromatic nitrogens is 2. The van der Waals surface area contributed by atoms with Crippen molar-refractivity contribution < 1.29 is 5.11 Å². The molecule has 0 aliphatic rings. The third-order valence-electron chi connectivity index (χ3n) is 3.13. The Balaban J connectivity index is 1.74. The summed E-state index contributed by atoms with van der Waals surface area (Å²) in [4.78, 5) is 4.37. The standard InChI is InChI=1S/C15H20N2OS/c1-19-12-15-16-9-11-17(15)10-3-2-4-13-5-7-14(18)8-6-13/h5-9,11,18H,2-4,10,12H2,1H3. The Bertz CT molecular complexity index is 493. The number of hydrogen-bond acceptors (Lipinski definition) is 3. The second kappa shape index (κ2) is 7.24. The van der Waals surface area contributed by atoms with Crippen molar-refractivity contribution in [2.45, 2.75) is 31.6 Å². The van der Waals surface area contributed by atoms with Gasteiger partial charge < -0.3 is 9.67 Å². The number of aryl methyl sites for hydroxylation is 2. The van der Waals surface area contributed by atoms with Gasteiger partial charge in [-0.1, -0.05) is 12.1 Å². The van der Waals surface area contributed by atoms with E-state index in [4.69, 9.17) is 0 Å². The lowest BCUT2D eigenvalue weighted by atomic mass is 10.1. The molecule has 2 aromatic rings. The Morgan fingerprint density at radius 3 is 2.74 bits per heavy atom. The van der Waals surface area contributed by atoms with E-state index in [1.54, 1.807) is 23.9 Å². The molecule has 19 heavy (non-hydrogen) atoms. The smallest absolute Gasteiger partial charge is 0.118 e. The second-order valence-electron chi connectivity index (χ2n) is 4.59. The van der Waals surface area contributed by atoms with Crippen LogP contribution in [0.25, 0.3) is 0 Å². The summed E-state index contributed by atoms with van der Waals surface area (Å²) in [6.07, 6.45) is 9.41. The van der Waals surface area contributed by atoms with Crippen LogP contribution in [0.2, 0.25) is 0 Å². The van der Waals surface area contributed by atoms with Crippen LogP contribution in [0.1, 0.15) is 24.2 Å². The van der Waals surface area contributed by atoms with Gasteiger partial charge in [-0.05, 0) is 43.2 Å². The first-order valence-electron chi connectivity index (χ1n) is 6.56. The molecule has 1 heterocycles. The zero-order valence-corrected chi connectivity index (χ0v) is 12.1. The van der Waals surface area contributed by atoms with E-state index in [2.05, 4.69) is 22.0 Å². The molecule has 1 aromatic carbocycles. The van der Waals surface area contributed by atoms with E-state index < -0.39 is 0 Å². The highest BCUT2D eigenvalue weighted by molar-refractivity contribution is 7.97. The maximum absolute atomic E-state index is 9.22. The van der Waals surface area contributed by atoms with E-state index >= 15 is 0 Å². The van der Waals surface area contributed by atoms with Crippen LogP contribution in [0.3, 0.4) is 0 Å². The topological polar surface area (TPSA) is 38.0 Å². The van der Waals surface area contributed by atoms with Crippen LogP contribution in [-0.2, 0) is 18.7 Å². The minimum atomic E-state index is 0.337. The van der Waals surface area contributed by atoms with E-state index in [0.29, 0.717) is 5.75 Å². The van der Waals surface area contributed by atoms with Gasteiger partial charge in [0.05, 0.1) is 5.75 Å². The van der Waals surface area contributed by atoms with Crippen molar-refractivity contribution in [3.8, 4) is 5.75 Å². The second-order valence-corrected chi connectivity index (χ2v) is 5.46. The molecule has 4 heteroatoms. The number of unbranched alkanes of at least 4 members (excludes halogenated alkanes) is 1. The van der Waals surface area contributed by atoms with Crippen molar-refractivity contribution in [2.24, 2.45) is 0 Å². The Labute approximate surface area is 118 Å². The molecule has 102 valence electrons. The number of imidazole rings is 1. The van der Waals surface area contributed by atoms with Crippen LogP contribution in [0.4, 0.5) is 0 Å². The first-order valence-corrected chi connectivity index (χ1v) is 7.96. The van der Waals surface area contributed by atoms with E-state index in [0.717, 1.165) is 37.4 Å². The fourth-order valence-electron chi connectivity index (χ4n) is 2.09. The molecule has 0 saturated heterocycles. The van der Waals surface area contributed by atoms with Gasteiger partial charge in [-0.3, -0.25) is 0 Å². The largest absolute Gasteiger partial charge is 0.508 e. The number of aromatic hydroxyl groups is 1. The quantitative estimate of drug-likeness (QED) is 0.787. The summed E-state index contributed by atoms with van der Waals surface area (Å²) in [5.41, 5.74) is 1.28. The molecule has 0 aliphatic carbocycles. The average molecular weight is 276 g/mol. The average Bonchev–Trinajstić information content (AvgIpc) is 2.85. The molecule has 0 bridgehead atoms. The minimum absolute atomic E-state index is 0.337. The van der Waals surface area contributed by atoms with Gasteiger partial charge in [-0.2, -0.15) is 11.8 Å². The SMILES string of the molecule is CSCc1nccn1CCCCc1ccc(O)cc1. The molecular formula is C15H20N2OS. The predicted molar refractivity (Wildman–Crippen MR) is 80.5 cm³/mol. The van der Waals surface area contributed by atoms with Crippen molar-refractivity contribution >= 4 is 11.8 Å². The number of thioether (sulfide) groups is 1. The minimum Gasteiger partial charge on any atom is -0.508 e. The molecule has 2 rings (SSSR count). The summed E-state index contributed by atoms with van der Waals surface area (Å²) in [5, 5.41) is 9.22. The molecule has 0 spiro atoms. The van der Waals surface area contributed by atoms with Gasteiger partial charge in [0.25, 0.3) is 0 Å². The molecule has 1 N–H and O–H groups in total. The van der Waals surface area contributed by atoms with Gasteiger partial charge in [-0.25, -0.2) is 4.98 Å². The fourth-order valence-corrected chi connectivity index (χ4v) is 2.59. The van der Waals surface area contributed by atoms with E-state index in [9.17, 15) is 5.11 Å². The predicted octanol–water partition coefficient (Wildman–Crippen LogP) is 3.47. The van der Waals surface area contributed by atoms with Gasteiger partial charge >= 0.3 is 0 Å². The monoisotopic (exact) mass is 276 g/mol. The highest BCUT2D eigenvalue weighted by Crippen LogP contribution is 2.13. The molecule has 0 amide bonds. The molecule has 0 aliphatic heterocycles. The molecule has 0 saturated carbocycles. The van der Waals surface area contributed by atoms with Crippen LogP contribution in [-0.4, -0.2) is 20.9 Å². The molecular weight excluding hydrogens is 256 g/mol. The summed E-state index contributed by atoms with van der Waals surface area (Å²) in [6.45, 7) is 1.04. The lowest BCUT2D eigenvalue weighted by Crippen LogP contribution is -2.02. The number of nitrogens with zero attached hydrogens (tertiary/aromatic N) is 2. The number of benzene rings is 1. The maximum atomic E-state index is 9.22. The first kappa shape index (κ1) is 14.0. The summed E-state index contributed by atoms with van der Waals surface area (Å²) in [7, 11) is 0. The van der Waals surface area contributed by atoms with E-state index in [1.165, 1.54) is 5.56 Å². The van der Waals surface area contributed by atoms with E-state index in [1.807, 2.05) is 18.3 Å². The van der Waals surface area contributed by atoms with Gasteiger partial charge in [0, 0.05) is 18.9 Å². The summed E-state index contributed by atoms with van der Waals surface area (Å²) in [6, 6.07) is 7.49. The molecule has 0 atom stereocenters. The number of phenols is 1. The van der Waals surface area contributed by atoms with Gasteiger partial charge in [0.15, 0.2) is 0 Å². The van der Waals surface area contributed by atoms with Gasteiger partial charge in [0.1, 0.15) is 11.6 Å². The van der Waals surface area contributed by atoms with Crippen molar-refractivity contribution in [1.29, 1.82) is 0 Å². The van der Waals surface area contributed by atoms with Crippen LogP contribution in [0.15, 0.2) is 36.7 Å². The summed E-state index contributed by atoms with van der Waals surface area (Å²) < 4.78 is 2.24. The van der Waals surface area contributed by atoms with Crippen LogP contribution < -0.4 is 0 Å². The third kappa shape index (κ3) is 4.31. The van der Waals surface area contributed by atoms with Crippen molar-refractivity contribution in [2.75, 3.05) is 6.26 Å². The highest BCUT2D eigenvalue weighted by atomic mass is 32.2. The maximum Gasteiger partial charge on any atom is 0.118 e. The molecule has 3 nitrogen and oxygen atoms in total. The number of phenolic OH excluding ortho intramolecular Hbond substituents is 1. The van der Waals surface area contributed by atoms with E-state index in [-0.39, 0.29) is 0 Å². The summed E-state index contributed by atoms with van der Waals surface area (Å²) in [5.74, 6) is 2.48. The molecule has 0 unspecified atom stereocenters. The Hall–Kier alpha value is -1.42. The summed E-state index contributed by atoms with van der Waals surface area (Å²) >= 11 is 1.80. The first-order chi connectivity index (χ1) is 9.29. The Morgan fingerprint density at radius 2 is 2.00 bits per heavy atom. The lowest BCUT2D eigenvalue weighted by molar-refractivity contribution is 0.475. The van der Waals surface area contributed by atoms with Crippen molar-refractivity contribution in [3.63, 3.8) is 0 Å². The molecule has 0 fully saturated rings. The number of hydrogen-bond donors (Lipinski definition) is 1. The normalized spacial score (nSPS) is 10.8. The highest BCUT2D eigenvalue weighted by Gasteiger charge is 2.01. The van der Waals surface area contributed by atoms with Gasteiger partial charge in [-0.15, -0.1) is 0 Å². The van der Waals surface area contributed by atoms with Crippen molar-refractivity contribution in [1.82, 2.24) is 9.55 Å². The number of rotatable bonds is 7. The Kier molecular flexibility index (Phi) is 5.33. The fraction of sp³-hybridized carbons (Fsp3) is 0.400. The Morgan fingerprint density at radius 1 is 1.21 bits per heavy atom. The third-order valence-corrected chi connectivity index (χ3v) is 3.67. The lowest BCUT2D eigenvalue weighted by Gasteiger charge is -2.07. The van der Waals surface area contributed by atoms with Crippen LogP contribution in [0.5, 0.6) is 5.75 Å². The molecule has 0 radical (unpaired) electrons. The zero-order chi connectivity index (χ0) is 13.5. The van der Waals surface area contributed by atoms with Crippen LogP contribution in [0, 0.1) is 0 Å². The molecule has 1 aromatic heterocycles. The van der Waals surface area contributed by atoms with Crippen LogP contribution >= 0.6 is 11.8 Å². The van der Waals surface area contributed by atoms with Gasteiger partial charge in [0.2, 0.25) is 0 Å². The van der Waals surface area contributed by atoms with Crippen molar-refractivity contribution in [3.05, 3.63) is 48.0 Å².